The maximum absolute atomic E-state index is 12.3. The van der Waals surface area contributed by atoms with E-state index in [1.807, 2.05) is 18.2 Å². The molecule has 1 aromatic carbocycles. The number of benzene rings is 1. The lowest BCUT2D eigenvalue weighted by atomic mass is 9.99. The first-order chi connectivity index (χ1) is 13.0. The van der Waals surface area contributed by atoms with Crippen LogP contribution in [0.1, 0.15) is 18.2 Å². The van der Waals surface area contributed by atoms with E-state index >= 15 is 0 Å². The van der Waals surface area contributed by atoms with Gasteiger partial charge in [-0.1, -0.05) is 0 Å². The van der Waals surface area contributed by atoms with Crippen molar-refractivity contribution in [1.82, 2.24) is 9.88 Å². The molecule has 0 radical (unpaired) electrons. The molecule has 0 saturated heterocycles. The highest BCUT2D eigenvalue weighted by Crippen LogP contribution is 2.36. The number of anilines is 1. The van der Waals surface area contributed by atoms with E-state index in [1.165, 1.54) is 12.0 Å². The molecule has 2 aromatic rings. The summed E-state index contributed by atoms with van der Waals surface area (Å²) in [5.74, 6) is 0.654. The quantitative estimate of drug-likeness (QED) is 0.823. The van der Waals surface area contributed by atoms with Gasteiger partial charge in [-0.25, -0.2) is 9.59 Å². The van der Waals surface area contributed by atoms with Gasteiger partial charge in [0.05, 0.1) is 38.6 Å². The van der Waals surface area contributed by atoms with Crippen LogP contribution in [0.2, 0.25) is 0 Å². The summed E-state index contributed by atoms with van der Waals surface area (Å²) < 4.78 is 15.4. The average molecular weight is 373 g/mol. The first kappa shape index (κ1) is 18.8. The maximum Gasteiger partial charge on any atom is 0.413 e. The van der Waals surface area contributed by atoms with Gasteiger partial charge in [-0.05, 0) is 25.1 Å². The van der Waals surface area contributed by atoms with Gasteiger partial charge in [0.25, 0.3) is 0 Å². The van der Waals surface area contributed by atoms with E-state index in [2.05, 4.69) is 0 Å². The Morgan fingerprint density at radius 3 is 2.74 bits per heavy atom. The third-order valence-corrected chi connectivity index (χ3v) is 4.63. The van der Waals surface area contributed by atoms with Gasteiger partial charge in [0, 0.05) is 36.7 Å². The fourth-order valence-electron chi connectivity index (χ4n) is 3.31. The molecule has 2 heterocycles. The molecule has 1 aliphatic rings. The highest BCUT2D eigenvalue weighted by Gasteiger charge is 2.29. The summed E-state index contributed by atoms with van der Waals surface area (Å²) in [6.45, 7) is 2.91. The molecule has 0 atom stereocenters. The fraction of sp³-hybridized carbons (Fsp3) is 0.421. The Balaban J connectivity index is 2.18. The number of aromatic nitrogens is 1. The van der Waals surface area contributed by atoms with E-state index in [1.54, 1.807) is 26.0 Å². The summed E-state index contributed by atoms with van der Waals surface area (Å²) in [5, 5.41) is 0.756. The van der Waals surface area contributed by atoms with Crippen molar-refractivity contribution in [3.8, 4) is 5.75 Å². The SMILES string of the molecule is CCOC(=O)N1CCc2nc3ccc(OC)cc3c(N(C)C(=O)OC)c2C1. The Kier molecular flexibility index (Phi) is 5.34. The molecule has 144 valence electrons. The maximum atomic E-state index is 12.3. The number of carbonyl (C=O) groups excluding carboxylic acids is 2. The highest BCUT2D eigenvalue weighted by atomic mass is 16.6. The molecule has 1 aromatic heterocycles. The van der Waals surface area contributed by atoms with E-state index in [0.29, 0.717) is 37.6 Å². The van der Waals surface area contributed by atoms with Gasteiger partial charge in [-0.2, -0.15) is 0 Å². The number of pyridine rings is 1. The summed E-state index contributed by atoms with van der Waals surface area (Å²) in [6.07, 6.45) is -0.292. The molecule has 1 aliphatic heterocycles. The Bertz CT molecular complexity index is 883. The number of ether oxygens (including phenoxy) is 3. The molecule has 27 heavy (non-hydrogen) atoms. The zero-order chi connectivity index (χ0) is 19.6. The third-order valence-electron chi connectivity index (χ3n) is 4.63. The predicted molar refractivity (Wildman–Crippen MR) is 100 cm³/mol. The summed E-state index contributed by atoms with van der Waals surface area (Å²) in [6, 6.07) is 5.53. The Hall–Kier alpha value is -3.03. The minimum absolute atomic E-state index is 0.310. The van der Waals surface area contributed by atoms with Crippen LogP contribution in [0.15, 0.2) is 18.2 Å². The van der Waals surface area contributed by atoms with Gasteiger partial charge in [-0.3, -0.25) is 9.88 Å². The van der Waals surface area contributed by atoms with Crippen LogP contribution >= 0.6 is 0 Å². The molecule has 8 nitrogen and oxygen atoms in total. The summed E-state index contributed by atoms with van der Waals surface area (Å²) in [5.41, 5.74) is 3.08. The third kappa shape index (κ3) is 3.47. The van der Waals surface area contributed by atoms with Crippen LogP contribution in [0, 0.1) is 0 Å². The Morgan fingerprint density at radius 1 is 1.30 bits per heavy atom. The first-order valence-corrected chi connectivity index (χ1v) is 8.73. The standard InChI is InChI=1S/C19H23N3O5/c1-5-27-19(24)22-9-8-16-14(11-22)17(21(2)18(23)26-4)13-10-12(25-3)6-7-15(13)20-16/h6-7,10H,5,8-9,11H2,1-4H3. The van der Waals surface area contributed by atoms with E-state index in [9.17, 15) is 9.59 Å². The van der Waals surface area contributed by atoms with Crippen molar-refractivity contribution in [3.63, 3.8) is 0 Å². The lowest BCUT2D eigenvalue weighted by Crippen LogP contribution is -2.38. The van der Waals surface area contributed by atoms with Crippen LogP contribution in [-0.2, 0) is 22.4 Å². The zero-order valence-corrected chi connectivity index (χ0v) is 15.9. The van der Waals surface area contributed by atoms with Gasteiger partial charge in [0.1, 0.15) is 5.75 Å². The predicted octanol–water partition coefficient (Wildman–Crippen LogP) is 2.96. The molecule has 0 fully saturated rings. The molecular weight excluding hydrogens is 350 g/mol. The second kappa shape index (κ2) is 7.69. The molecule has 0 N–H and O–H groups in total. The molecule has 0 bridgehead atoms. The Morgan fingerprint density at radius 2 is 2.07 bits per heavy atom. The molecule has 3 rings (SSSR count). The van der Waals surface area contributed by atoms with Gasteiger partial charge >= 0.3 is 12.2 Å². The second-order valence-electron chi connectivity index (χ2n) is 6.17. The number of amides is 2. The number of rotatable bonds is 3. The highest BCUT2D eigenvalue weighted by molar-refractivity contribution is 6.02. The van der Waals surface area contributed by atoms with E-state index < -0.39 is 6.09 Å². The van der Waals surface area contributed by atoms with Crippen LogP contribution in [0.3, 0.4) is 0 Å². The second-order valence-corrected chi connectivity index (χ2v) is 6.17. The number of hydrogen-bond donors (Lipinski definition) is 0. The lowest BCUT2D eigenvalue weighted by molar-refractivity contribution is 0.102. The number of carbonyl (C=O) groups is 2. The number of nitrogens with zero attached hydrogens (tertiary/aromatic N) is 3. The van der Waals surface area contributed by atoms with Crippen LogP contribution in [-0.4, -0.2) is 56.5 Å². The largest absolute Gasteiger partial charge is 0.497 e. The van der Waals surface area contributed by atoms with Crippen LogP contribution < -0.4 is 9.64 Å². The van der Waals surface area contributed by atoms with Gasteiger partial charge < -0.3 is 19.1 Å². The topological polar surface area (TPSA) is 81.2 Å². The van der Waals surface area contributed by atoms with Crippen molar-refractivity contribution in [2.24, 2.45) is 0 Å². The molecule has 8 heteroatoms. The van der Waals surface area contributed by atoms with Crippen molar-refractivity contribution in [2.45, 2.75) is 19.9 Å². The van der Waals surface area contributed by atoms with Crippen molar-refractivity contribution >= 4 is 28.8 Å². The fourth-order valence-corrected chi connectivity index (χ4v) is 3.31. The van der Waals surface area contributed by atoms with Crippen molar-refractivity contribution in [1.29, 1.82) is 0 Å². The first-order valence-electron chi connectivity index (χ1n) is 8.73. The number of hydrogen-bond acceptors (Lipinski definition) is 6. The molecule has 0 spiro atoms. The smallest absolute Gasteiger partial charge is 0.413 e. The lowest BCUT2D eigenvalue weighted by Gasteiger charge is -2.31. The van der Waals surface area contributed by atoms with Crippen LogP contribution in [0.25, 0.3) is 10.9 Å². The summed E-state index contributed by atoms with van der Waals surface area (Å²) in [4.78, 5) is 32.3. The molecule has 0 unspecified atom stereocenters. The van der Waals surface area contributed by atoms with Crippen molar-refractivity contribution in [3.05, 3.63) is 29.5 Å². The minimum atomic E-state index is -0.499. The molecule has 0 saturated carbocycles. The average Bonchev–Trinajstić information content (AvgIpc) is 2.70. The van der Waals surface area contributed by atoms with Gasteiger partial charge in [0.15, 0.2) is 0 Å². The van der Waals surface area contributed by atoms with E-state index in [-0.39, 0.29) is 6.09 Å². The molecule has 2 amide bonds. The summed E-state index contributed by atoms with van der Waals surface area (Å²) in [7, 11) is 4.56. The van der Waals surface area contributed by atoms with Crippen LogP contribution in [0.5, 0.6) is 5.75 Å². The Labute approximate surface area is 157 Å². The van der Waals surface area contributed by atoms with Crippen molar-refractivity contribution in [2.75, 3.05) is 39.3 Å². The van der Waals surface area contributed by atoms with Gasteiger partial charge in [0.2, 0.25) is 0 Å². The van der Waals surface area contributed by atoms with Crippen molar-refractivity contribution < 1.29 is 23.8 Å². The van der Waals surface area contributed by atoms with Crippen LogP contribution in [0.4, 0.5) is 15.3 Å². The van der Waals surface area contributed by atoms with E-state index in [4.69, 9.17) is 19.2 Å². The monoisotopic (exact) mass is 373 g/mol. The summed E-state index contributed by atoms with van der Waals surface area (Å²) >= 11 is 0. The molecular formula is C19H23N3O5. The molecule has 0 aliphatic carbocycles. The van der Waals surface area contributed by atoms with E-state index in [0.717, 1.165) is 22.2 Å². The van der Waals surface area contributed by atoms with Gasteiger partial charge in [-0.15, -0.1) is 0 Å². The number of fused-ring (bicyclic) bond motifs is 2. The number of methoxy groups -OCH3 is 2. The normalized spacial score (nSPS) is 13.1. The minimum Gasteiger partial charge on any atom is -0.497 e. The zero-order valence-electron chi connectivity index (χ0n) is 15.9.